The first kappa shape index (κ1) is 25.1. The number of nitrogens with one attached hydrogen (secondary N) is 3. The molecule has 2 aromatic heterocycles. The predicted octanol–water partition coefficient (Wildman–Crippen LogP) is 3.66. The highest BCUT2D eigenvalue weighted by Crippen LogP contribution is 2.36. The molecule has 0 atom stereocenters. The molecule has 3 N–H and O–H groups in total. The third-order valence-corrected chi connectivity index (χ3v) is 7.07. The smallest absolute Gasteiger partial charge is 0.255 e. The Labute approximate surface area is 214 Å². The summed E-state index contributed by atoms with van der Waals surface area (Å²) in [5, 5.41) is 6.11. The van der Waals surface area contributed by atoms with Gasteiger partial charge in [-0.2, -0.15) is 0 Å². The van der Waals surface area contributed by atoms with Crippen LogP contribution in [0, 0.1) is 18.7 Å². The van der Waals surface area contributed by atoms with E-state index in [9.17, 15) is 14.0 Å². The predicted molar refractivity (Wildman–Crippen MR) is 136 cm³/mol. The third-order valence-electron chi connectivity index (χ3n) is 7.07. The van der Waals surface area contributed by atoms with Crippen LogP contribution in [0.3, 0.4) is 0 Å². The van der Waals surface area contributed by atoms with Gasteiger partial charge < -0.3 is 25.1 Å². The van der Waals surface area contributed by atoms with E-state index in [1.165, 1.54) is 25.6 Å². The number of nitrogens with zero attached hydrogens (tertiary/aromatic N) is 2. The van der Waals surface area contributed by atoms with E-state index in [2.05, 4.69) is 25.6 Å². The summed E-state index contributed by atoms with van der Waals surface area (Å²) in [4.78, 5) is 37.3. The van der Waals surface area contributed by atoms with Crippen molar-refractivity contribution in [3.63, 3.8) is 0 Å². The van der Waals surface area contributed by atoms with E-state index in [0.29, 0.717) is 51.8 Å². The highest BCUT2D eigenvalue weighted by Gasteiger charge is 2.27. The maximum atomic E-state index is 14.0. The number of carbonyl (C=O) groups excluding carboxylic acids is 2. The second-order valence-corrected chi connectivity index (χ2v) is 9.99. The van der Waals surface area contributed by atoms with Crippen LogP contribution in [0.25, 0.3) is 22.3 Å². The number of halogens is 1. The summed E-state index contributed by atoms with van der Waals surface area (Å²) in [7, 11) is 1.49. The van der Waals surface area contributed by atoms with Gasteiger partial charge >= 0.3 is 0 Å². The Kier molecular flexibility index (Phi) is 7.36. The van der Waals surface area contributed by atoms with Gasteiger partial charge in [0.15, 0.2) is 0 Å². The van der Waals surface area contributed by atoms with Crippen molar-refractivity contribution in [3.8, 4) is 17.0 Å². The van der Waals surface area contributed by atoms with Gasteiger partial charge in [-0.05, 0) is 63.5 Å². The van der Waals surface area contributed by atoms with Crippen molar-refractivity contribution in [1.29, 1.82) is 0 Å². The van der Waals surface area contributed by atoms with Crippen LogP contribution in [0.1, 0.15) is 54.6 Å². The molecular weight excluding hydrogens is 477 g/mol. The maximum Gasteiger partial charge on any atom is 0.255 e. The van der Waals surface area contributed by atoms with Gasteiger partial charge in [0.1, 0.15) is 35.7 Å². The highest BCUT2D eigenvalue weighted by atomic mass is 19.1. The normalized spacial score (nSPS) is 19.5. The minimum Gasteiger partial charge on any atom is -0.492 e. The lowest BCUT2D eigenvalue weighted by atomic mass is 9.91. The number of rotatable bonds is 9. The standard InChI is InChI=1S/C27H32FN5O4/c1-15-23(27(35)33-19-8-6-18(7-9-19)32-22(34)13-36-2)25-26(31-15)24(29-14-30-25)20-10-5-17(28)11-21(20)37-12-16-3-4-16/h5,10-11,14,16,18-19,31H,3-4,6-9,12-13H2,1-2H3,(H,32,34)(H,33,35). The van der Waals surface area contributed by atoms with Crippen molar-refractivity contribution < 1.29 is 23.5 Å². The number of fused-ring (bicyclic) bond motifs is 1. The van der Waals surface area contributed by atoms with E-state index in [1.807, 2.05) is 6.92 Å². The number of ether oxygens (including phenoxy) is 2. The molecule has 2 saturated carbocycles. The first-order valence-corrected chi connectivity index (χ1v) is 12.8. The molecule has 2 aliphatic rings. The summed E-state index contributed by atoms with van der Waals surface area (Å²) < 4.78 is 24.9. The Balaban J connectivity index is 1.33. The molecule has 196 valence electrons. The molecule has 2 aliphatic carbocycles. The molecule has 0 saturated heterocycles. The Morgan fingerprint density at radius 1 is 1.08 bits per heavy atom. The minimum absolute atomic E-state index is 0.00765. The van der Waals surface area contributed by atoms with E-state index in [1.54, 1.807) is 6.07 Å². The van der Waals surface area contributed by atoms with Crippen LogP contribution in [0.2, 0.25) is 0 Å². The first-order valence-electron chi connectivity index (χ1n) is 12.8. The van der Waals surface area contributed by atoms with Crippen LogP contribution in [0.15, 0.2) is 24.5 Å². The molecule has 3 aromatic rings. The molecule has 0 aliphatic heterocycles. The van der Waals surface area contributed by atoms with Gasteiger partial charge in [0.05, 0.1) is 17.7 Å². The van der Waals surface area contributed by atoms with Crippen LogP contribution < -0.4 is 15.4 Å². The molecule has 10 heteroatoms. The maximum absolute atomic E-state index is 14.0. The first-order chi connectivity index (χ1) is 17.9. The number of carbonyl (C=O) groups is 2. The molecule has 5 rings (SSSR count). The molecule has 1 aromatic carbocycles. The fourth-order valence-corrected chi connectivity index (χ4v) is 4.95. The number of aryl methyl sites for hydroxylation is 1. The van der Waals surface area contributed by atoms with Crippen molar-refractivity contribution in [2.75, 3.05) is 20.3 Å². The Morgan fingerprint density at radius 2 is 1.81 bits per heavy atom. The van der Waals surface area contributed by atoms with Crippen molar-refractivity contribution >= 4 is 22.8 Å². The fraction of sp³-hybridized carbons (Fsp3) is 0.481. The molecule has 2 fully saturated rings. The monoisotopic (exact) mass is 509 g/mol. The van der Waals surface area contributed by atoms with Crippen molar-refractivity contribution in [3.05, 3.63) is 41.6 Å². The second-order valence-electron chi connectivity index (χ2n) is 9.99. The molecule has 9 nitrogen and oxygen atoms in total. The van der Waals surface area contributed by atoms with E-state index >= 15 is 0 Å². The summed E-state index contributed by atoms with van der Waals surface area (Å²) in [5.41, 5.74) is 3.48. The lowest BCUT2D eigenvalue weighted by molar-refractivity contribution is -0.125. The van der Waals surface area contributed by atoms with Crippen molar-refractivity contribution in [2.45, 2.75) is 57.5 Å². The molecule has 0 radical (unpaired) electrons. The number of aromatic amines is 1. The van der Waals surface area contributed by atoms with Crippen LogP contribution in [-0.2, 0) is 9.53 Å². The van der Waals surface area contributed by atoms with Gasteiger partial charge in [-0.15, -0.1) is 0 Å². The summed E-state index contributed by atoms with van der Waals surface area (Å²) in [6.07, 6.45) is 6.78. The van der Waals surface area contributed by atoms with Gasteiger partial charge in [0.2, 0.25) is 5.91 Å². The van der Waals surface area contributed by atoms with E-state index in [0.717, 1.165) is 38.5 Å². The largest absolute Gasteiger partial charge is 0.492 e. The van der Waals surface area contributed by atoms with Gasteiger partial charge in [-0.3, -0.25) is 9.59 Å². The molecule has 37 heavy (non-hydrogen) atoms. The Morgan fingerprint density at radius 3 is 2.51 bits per heavy atom. The average molecular weight is 510 g/mol. The SMILES string of the molecule is COCC(=O)NC1CCC(NC(=O)c2c(C)[nH]c3c(-c4ccc(F)cc4OCC4CC4)ncnc23)CC1. The minimum atomic E-state index is -0.379. The van der Waals surface area contributed by atoms with E-state index in [-0.39, 0.29) is 36.3 Å². The number of hydrogen-bond acceptors (Lipinski definition) is 6. The number of benzene rings is 1. The van der Waals surface area contributed by atoms with Gasteiger partial charge in [0, 0.05) is 36.5 Å². The molecule has 2 heterocycles. The number of hydrogen-bond donors (Lipinski definition) is 3. The summed E-state index contributed by atoms with van der Waals surface area (Å²) in [6, 6.07) is 4.51. The highest BCUT2D eigenvalue weighted by molar-refractivity contribution is 6.09. The zero-order valence-corrected chi connectivity index (χ0v) is 21.1. The third kappa shape index (κ3) is 5.74. The number of amides is 2. The van der Waals surface area contributed by atoms with Crippen molar-refractivity contribution in [1.82, 2.24) is 25.6 Å². The number of aromatic nitrogens is 3. The number of H-pyrrole nitrogens is 1. The van der Waals surface area contributed by atoms with E-state index in [4.69, 9.17) is 9.47 Å². The zero-order chi connectivity index (χ0) is 25.9. The summed E-state index contributed by atoms with van der Waals surface area (Å²) in [6.45, 7) is 2.42. The van der Waals surface area contributed by atoms with Crippen molar-refractivity contribution in [2.24, 2.45) is 5.92 Å². The van der Waals surface area contributed by atoms with Crippen LogP contribution in [0.5, 0.6) is 5.75 Å². The Bertz CT molecular complexity index is 1300. The molecular formula is C27H32FN5O4. The summed E-state index contributed by atoms with van der Waals surface area (Å²) >= 11 is 0. The fourth-order valence-electron chi connectivity index (χ4n) is 4.95. The van der Waals surface area contributed by atoms with Gasteiger partial charge in [0.25, 0.3) is 5.91 Å². The van der Waals surface area contributed by atoms with E-state index < -0.39 is 0 Å². The van der Waals surface area contributed by atoms with Crippen LogP contribution in [0.4, 0.5) is 4.39 Å². The molecule has 2 amide bonds. The average Bonchev–Trinajstić information content (AvgIpc) is 3.64. The lowest BCUT2D eigenvalue weighted by Gasteiger charge is -2.29. The lowest BCUT2D eigenvalue weighted by Crippen LogP contribution is -2.44. The molecule has 0 bridgehead atoms. The second kappa shape index (κ2) is 10.8. The van der Waals surface area contributed by atoms with Gasteiger partial charge in [-0.1, -0.05) is 0 Å². The van der Waals surface area contributed by atoms with Crippen LogP contribution >= 0.6 is 0 Å². The zero-order valence-electron chi connectivity index (χ0n) is 21.1. The molecule has 0 unspecified atom stereocenters. The quantitative estimate of drug-likeness (QED) is 0.405. The molecule has 0 spiro atoms. The summed E-state index contributed by atoms with van der Waals surface area (Å²) in [5.74, 6) is 0.239. The Hall–Kier alpha value is -3.53. The topological polar surface area (TPSA) is 118 Å². The van der Waals surface area contributed by atoms with Gasteiger partial charge in [-0.25, -0.2) is 14.4 Å². The number of methoxy groups -OCH3 is 1. The van der Waals surface area contributed by atoms with Crippen LogP contribution in [-0.4, -0.2) is 59.2 Å².